The number of hydrogen-bond donors (Lipinski definition) is 2. The van der Waals surface area contributed by atoms with E-state index in [1.165, 1.54) is 0 Å². The summed E-state index contributed by atoms with van der Waals surface area (Å²) in [6.07, 6.45) is 0.596. The molecule has 0 radical (unpaired) electrons. The lowest BCUT2D eigenvalue weighted by atomic mass is 10.2. The summed E-state index contributed by atoms with van der Waals surface area (Å²) in [6.45, 7) is 2.28. The molecule has 2 N–H and O–H groups in total. The van der Waals surface area contributed by atoms with E-state index in [9.17, 15) is 9.18 Å². The van der Waals surface area contributed by atoms with Crippen LogP contribution in [0.5, 0.6) is 5.75 Å². The average Bonchev–Trinajstić information content (AvgIpc) is 3.04. The maximum atomic E-state index is 13.7. The van der Waals surface area contributed by atoms with E-state index in [2.05, 4.69) is 15.5 Å². The maximum absolute atomic E-state index is 13.7. The van der Waals surface area contributed by atoms with Gasteiger partial charge in [-0.15, -0.1) is 0 Å². The lowest BCUT2D eigenvalue weighted by Gasteiger charge is -2.06. The summed E-state index contributed by atoms with van der Waals surface area (Å²) in [5.41, 5.74) is 0.679. The molecule has 0 aliphatic heterocycles. The molecule has 0 unspecified atom stereocenters. The molecule has 0 spiro atoms. The molecule has 26 heavy (non-hydrogen) atoms. The van der Waals surface area contributed by atoms with Gasteiger partial charge in [0.2, 0.25) is 0 Å². The molecule has 1 aliphatic carbocycles. The number of H-pyrrole nitrogens is 1. The third-order valence-corrected chi connectivity index (χ3v) is 4.61. The number of alkyl halides is 1. The predicted molar refractivity (Wildman–Crippen MR) is 93.8 cm³/mol. The number of ether oxygens (including phenoxy) is 1. The smallest absolute Gasteiger partial charge is 0.257 e. The van der Waals surface area contributed by atoms with Crippen molar-refractivity contribution in [3.63, 3.8) is 0 Å². The van der Waals surface area contributed by atoms with Gasteiger partial charge in [0.15, 0.2) is 11.4 Å². The Morgan fingerprint density at radius 2 is 2.23 bits per heavy atom. The van der Waals surface area contributed by atoms with Crippen LogP contribution in [0.1, 0.15) is 30.0 Å². The predicted octanol–water partition coefficient (Wildman–Crippen LogP) is 3.82. The summed E-state index contributed by atoms with van der Waals surface area (Å²) in [7, 11) is 0. The standard InChI is InChI=1S/C18H17ClFN3O3/c1-10-4-13(26-23-10)9-25-16-7-15-11(6-14(16)19)5-12(22-15)8-21-17(24)18(20)2-3-18/h4-7,22H,2-3,8-9H2,1H3,(H,21,24). The van der Waals surface area contributed by atoms with Gasteiger partial charge < -0.3 is 19.6 Å². The number of hydrogen-bond acceptors (Lipinski definition) is 4. The van der Waals surface area contributed by atoms with E-state index in [4.69, 9.17) is 20.9 Å². The molecule has 2 heterocycles. The van der Waals surface area contributed by atoms with E-state index in [-0.39, 0.29) is 13.2 Å². The highest BCUT2D eigenvalue weighted by molar-refractivity contribution is 6.32. The van der Waals surface area contributed by atoms with Gasteiger partial charge in [-0.25, -0.2) is 4.39 Å². The van der Waals surface area contributed by atoms with E-state index in [1.54, 1.807) is 18.2 Å². The van der Waals surface area contributed by atoms with Crippen molar-refractivity contribution in [2.24, 2.45) is 0 Å². The third kappa shape index (κ3) is 3.39. The van der Waals surface area contributed by atoms with Gasteiger partial charge in [-0.2, -0.15) is 0 Å². The van der Waals surface area contributed by atoms with Gasteiger partial charge in [0.1, 0.15) is 12.4 Å². The fourth-order valence-electron chi connectivity index (χ4n) is 2.70. The van der Waals surface area contributed by atoms with Gasteiger partial charge in [-0.05, 0) is 31.9 Å². The zero-order chi connectivity index (χ0) is 18.3. The van der Waals surface area contributed by atoms with E-state index in [1.807, 2.05) is 13.0 Å². The molecule has 4 rings (SSSR count). The van der Waals surface area contributed by atoms with Crippen molar-refractivity contribution in [3.8, 4) is 5.75 Å². The van der Waals surface area contributed by atoms with Crippen LogP contribution in [0.3, 0.4) is 0 Å². The molecule has 1 amide bonds. The number of benzene rings is 1. The number of carbonyl (C=O) groups excluding carboxylic acids is 1. The number of amides is 1. The highest BCUT2D eigenvalue weighted by Gasteiger charge is 2.50. The molecule has 8 heteroatoms. The van der Waals surface area contributed by atoms with Crippen molar-refractivity contribution < 1.29 is 18.4 Å². The summed E-state index contributed by atoms with van der Waals surface area (Å²) in [5.74, 6) is 0.556. The fourth-order valence-corrected chi connectivity index (χ4v) is 2.93. The Morgan fingerprint density at radius 1 is 1.42 bits per heavy atom. The summed E-state index contributed by atoms with van der Waals surface area (Å²) in [5, 5.41) is 7.76. The Kier molecular flexibility index (Phi) is 4.11. The highest BCUT2D eigenvalue weighted by Crippen LogP contribution is 2.39. The summed E-state index contributed by atoms with van der Waals surface area (Å²) in [4.78, 5) is 14.9. The summed E-state index contributed by atoms with van der Waals surface area (Å²) >= 11 is 6.28. The van der Waals surface area contributed by atoms with Gasteiger partial charge in [-0.1, -0.05) is 16.8 Å². The van der Waals surface area contributed by atoms with E-state index in [0.29, 0.717) is 29.4 Å². The second-order valence-corrected chi connectivity index (χ2v) is 6.94. The van der Waals surface area contributed by atoms with Crippen LogP contribution in [-0.2, 0) is 17.9 Å². The number of halogens is 2. The largest absolute Gasteiger partial charge is 0.484 e. The van der Waals surface area contributed by atoms with Crippen LogP contribution in [0.25, 0.3) is 10.9 Å². The Hall–Kier alpha value is -2.54. The number of aromatic amines is 1. The van der Waals surface area contributed by atoms with E-state index < -0.39 is 11.6 Å². The van der Waals surface area contributed by atoms with Crippen molar-refractivity contribution in [2.75, 3.05) is 0 Å². The van der Waals surface area contributed by atoms with Crippen molar-refractivity contribution >= 4 is 28.4 Å². The van der Waals surface area contributed by atoms with Gasteiger partial charge in [0, 0.05) is 28.7 Å². The first-order valence-electron chi connectivity index (χ1n) is 8.26. The van der Waals surface area contributed by atoms with Crippen molar-refractivity contribution in [3.05, 3.63) is 46.4 Å². The first-order valence-corrected chi connectivity index (χ1v) is 8.64. The highest BCUT2D eigenvalue weighted by atomic mass is 35.5. The minimum absolute atomic E-state index is 0.217. The molecule has 0 saturated heterocycles. The molecule has 2 aromatic heterocycles. The molecule has 6 nitrogen and oxygen atoms in total. The first-order chi connectivity index (χ1) is 12.4. The monoisotopic (exact) mass is 377 g/mol. The quantitative estimate of drug-likeness (QED) is 0.684. The molecular weight excluding hydrogens is 361 g/mol. The Bertz CT molecular complexity index is 977. The number of carbonyl (C=O) groups is 1. The number of fused-ring (bicyclic) bond motifs is 1. The normalized spacial score (nSPS) is 15.2. The average molecular weight is 378 g/mol. The molecule has 0 bridgehead atoms. The number of nitrogens with zero attached hydrogens (tertiary/aromatic N) is 1. The second kappa shape index (κ2) is 6.32. The topological polar surface area (TPSA) is 80.1 Å². The first kappa shape index (κ1) is 16.9. The van der Waals surface area contributed by atoms with Gasteiger partial charge in [0.25, 0.3) is 5.91 Å². The zero-order valence-electron chi connectivity index (χ0n) is 14.1. The lowest BCUT2D eigenvalue weighted by Crippen LogP contribution is -2.32. The lowest BCUT2D eigenvalue weighted by molar-refractivity contribution is -0.127. The van der Waals surface area contributed by atoms with Crippen LogP contribution >= 0.6 is 11.6 Å². The molecule has 1 aliphatic rings. The molecule has 3 aromatic rings. The van der Waals surface area contributed by atoms with Crippen LogP contribution in [0.2, 0.25) is 5.02 Å². The zero-order valence-corrected chi connectivity index (χ0v) is 14.8. The molecule has 0 atom stereocenters. The van der Waals surface area contributed by atoms with Crippen LogP contribution in [0.15, 0.2) is 28.8 Å². The summed E-state index contributed by atoms with van der Waals surface area (Å²) in [6, 6.07) is 7.21. The van der Waals surface area contributed by atoms with E-state index >= 15 is 0 Å². The van der Waals surface area contributed by atoms with E-state index in [0.717, 1.165) is 22.3 Å². The molecule has 1 fully saturated rings. The second-order valence-electron chi connectivity index (χ2n) is 6.54. The van der Waals surface area contributed by atoms with Gasteiger partial charge >= 0.3 is 0 Å². The maximum Gasteiger partial charge on any atom is 0.257 e. The number of aryl methyl sites for hydroxylation is 1. The van der Waals surface area contributed by atoms with Crippen molar-refractivity contribution in [1.82, 2.24) is 15.5 Å². The van der Waals surface area contributed by atoms with Crippen LogP contribution < -0.4 is 10.1 Å². The van der Waals surface area contributed by atoms with Crippen LogP contribution in [-0.4, -0.2) is 21.7 Å². The number of aromatic nitrogens is 2. The number of rotatable bonds is 6. The Morgan fingerprint density at radius 3 is 2.92 bits per heavy atom. The van der Waals surface area contributed by atoms with Crippen LogP contribution in [0.4, 0.5) is 4.39 Å². The van der Waals surface area contributed by atoms with Gasteiger partial charge in [0.05, 0.1) is 17.3 Å². The van der Waals surface area contributed by atoms with Crippen molar-refractivity contribution in [2.45, 2.75) is 38.6 Å². The molecule has 1 saturated carbocycles. The minimum Gasteiger partial charge on any atom is -0.484 e. The SMILES string of the molecule is Cc1cc(COc2cc3[nH]c(CNC(=O)C4(F)CC4)cc3cc2Cl)on1. The Balaban J connectivity index is 1.46. The summed E-state index contributed by atoms with van der Waals surface area (Å²) < 4.78 is 24.5. The minimum atomic E-state index is -1.67. The van der Waals surface area contributed by atoms with Crippen LogP contribution in [0, 0.1) is 6.92 Å². The molecule has 136 valence electrons. The van der Waals surface area contributed by atoms with Gasteiger partial charge in [-0.3, -0.25) is 4.79 Å². The molecule has 1 aromatic carbocycles. The fraction of sp³-hybridized carbons (Fsp3) is 0.333. The van der Waals surface area contributed by atoms with Crippen molar-refractivity contribution in [1.29, 1.82) is 0 Å². The number of nitrogens with one attached hydrogen (secondary N) is 2. The Labute approximate surface area is 153 Å². The third-order valence-electron chi connectivity index (χ3n) is 4.31. The molecular formula is C18H17ClFN3O3.